The molecule has 0 aliphatic heterocycles. The van der Waals surface area contributed by atoms with E-state index in [9.17, 15) is 4.39 Å². The summed E-state index contributed by atoms with van der Waals surface area (Å²) in [4.78, 5) is 0. The summed E-state index contributed by atoms with van der Waals surface area (Å²) in [6, 6.07) is 1.78. The third-order valence-electron chi connectivity index (χ3n) is 3.09. The molecule has 0 saturated carbocycles. The van der Waals surface area contributed by atoms with Crippen LogP contribution in [0.1, 0.15) is 17.5 Å². The number of halogens is 2. The maximum Gasteiger partial charge on any atom is 0.169 e. The molecule has 0 aromatic heterocycles. The van der Waals surface area contributed by atoms with Crippen molar-refractivity contribution in [2.24, 2.45) is 5.92 Å². The number of hydrogen-bond donors (Lipinski definition) is 0. The lowest BCUT2D eigenvalue weighted by molar-refractivity contribution is 0.263. The Balaban J connectivity index is 2.10. The second kappa shape index (κ2) is 5.87. The van der Waals surface area contributed by atoms with Crippen molar-refractivity contribution in [3.63, 3.8) is 0 Å². The van der Waals surface area contributed by atoms with Crippen molar-refractivity contribution < 1.29 is 9.13 Å². The average Bonchev–Trinajstić information content (AvgIpc) is 2.40. The van der Waals surface area contributed by atoms with Crippen LogP contribution >= 0.6 is 22.6 Å². The molecular weight excluding hydrogens is 342 g/mol. The predicted molar refractivity (Wildman–Crippen MR) is 80.5 cm³/mol. The molecule has 1 aliphatic rings. The van der Waals surface area contributed by atoms with Crippen LogP contribution in [0.25, 0.3) is 0 Å². The fraction of sp³-hybridized carbons (Fsp3) is 0.333. The lowest BCUT2D eigenvalue weighted by Crippen LogP contribution is -2.11. The van der Waals surface area contributed by atoms with E-state index in [1.165, 1.54) is 0 Å². The summed E-state index contributed by atoms with van der Waals surface area (Å²) in [7, 11) is 0. The lowest BCUT2D eigenvalue weighted by Gasteiger charge is -2.16. The SMILES string of the molecule is Cc1cc(OCC2C=CC=CC2)c(F)c(C)c1I. The second-order valence-electron chi connectivity index (χ2n) is 4.56. The Morgan fingerprint density at radius 3 is 2.83 bits per heavy atom. The molecule has 2 rings (SSSR count). The first kappa shape index (κ1) is 13.6. The first-order chi connectivity index (χ1) is 8.59. The van der Waals surface area contributed by atoms with Gasteiger partial charge in [0.05, 0.1) is 6.61 Å². The molecule has 0 N–H and O–H groups in total. The first-order valence-corrected chi connectivity index (χ1v) is 7.08. The molecule has 1 aliphatic carbocycles. The van der Waals surface area contributed by atoms with Crippen molar-refractivity contribution >= 4 is 22.6 Å². The second-order valence-corrected chi connectivity index (χ2v) is 5.64. The molecule has 96 valence electrons. The maximum atomic E-state index is 14.0. The van der Waals surface area contributed by atoms with Crippen molar-refractivity contribution in [2.45, 2.75) is 20.3 Å². The van der Waals surface area contributed by atoms with Crippen LogP contribution in [0.3, 0.4) is 0 Å². The Bertz CT molecular complexity index is 506. The summed E-state index contributed by atoms with van der Waals surface area (Å²) in [6.45, 7) is 4.29. The van der Waals surface area contributed by atoms with E-state index >= 15 is 0 Å². The fourth-order valence-electron chi connectivity index (χ4n) is 1.96. The Morgan fingerprint density at radius 2 is 2.17 bits per heavy atom. The molecule has 0 heterocycles. The smallest absolute Gasteiger partial charge is 0.169 e. The van der Waals surface area contributed by atoms with Crippen LogP contribution in [0.2, 0.25) is 0 Å². The highest BCUT2D eigenvalue weighted by molar-refractivity contribution is 14.1. The van der Waals surface area contributed by atoms with Gasteiger partial charge in [-0.3, -0.25) is 0 Å². The highest BCUT2D eigenvalue weighted by Gasteiger charge is 2.14. The highest BCUT2D eigenvalue weighted by Crippen LogP contribution is 2.28. The van der Waals surface area contributed by atoms with Crippen LogP contribution in [0.4, 0.5) is 4.39 Å². The standard InChI is InChI=1S/C15H16FIO/c1-10-8-13(14(16)11(2)15(10)17)18-9-12-6-4-3-5-7-12/h3-6,8,12H,7,9H2,1-2H3. The molecule has 0 saturated heterocycles. The quantitative estimate of drug-likeness (QED) is 0.720. The number of ether oxygens (including phenoxy) is 1. The topological polar surface area (TPSA) is 9.23 Å². The van der Waals surface area contributed by atoms with Crippen LogP contribution < -0.4 is 4.74 Å². The monoisotopic (exact) mass is 358 g/mol. The van der Waals surface area contributed by atoms with E-state index in [-0.39, 0.29) is 5.82 Å². The molecule has 1 aromatic rings. The summed E-state index contributed by atoms with van der Waals surface area (Å²) >= 11 is 2.17. The van der Waals surface area contributed by atoms with Crippen molar-refractivity contribution in [3.8, 4) is 5.75 Å². The number of benzene rings is 1. The molecule has 1 aromatic carbocycles. The van der Waals surface area contributed by atoms with E-state index in [1.54, 1.807) is 13.0 Å². The maximum absolute atomic E-state index is 14.0. The van der Waals surface area contributed by atoms with Crippen LogP contribution in [0, 0.1) is 29.2 Å². The minimum Gasteiger partial charge on any atom is -0.490 e. The zero-order chi connectivity index (χ0) is 13.1. The van der Waals surface area contributed by atoms with Gasteiger partial charge in [-0.25, -0.2) is 4.39 Å². The summed E-state index contributed by atoms with van der Waals surface area (Å²) in [6.07, 6.45) is 9.20. The van der Waals surface area contributed by atoms with Crippen molar-refractivity contribution in [2.75, 3.05) is 6.61 Å². The molecule has 0 radical (unpaired) electrons. The molecule has 1 nitrogen and oxygen atoms in total. The summed E-state index contributed by atoms with van der Waals surface area (Å²) in [5.74, 6) is 0.475. The molecule has 1 unspecified atom stereocenters. The zero-order valence-electron chi connectivity index (χ0n) is 10.5. The molecule has 1 atom stereocenters. The molecule has 0 fully saturated rings. The number of hydrogen-bond acceptors (Lipinski definition) is 1. The van der Waals surface area contributed by atoms with Crippen molar-refractivity contribution in [1.29, 1.82) is 0 Å². The molecule has 0 bridgehead atoms. The van der Waals surface area contributed by atoms with E-state index in [1.807, 2.05) is 19.1 Å². The predicted octanol–water partition coefficient (Wildman–Crippen LogP) is 4.56. The average molecular weight is 358 g/mol. The highest BCUT2D eigenvalue weighted by atomic mass is 127. The van der Waals surface area contributed by atoms with Gasteiger partial charge in [-0.05, 0) is 54.5 Å². The van der Waals surface area contributed by atoms with Gasteiger partial charge in [0.15, 0.2) is 11.6 Å². The number of aryl methyl sites for hydroxylation is 1. The fourth-order valence-corrected chi connectivity index (χ4v) is 2.35. The van der Waals surface area contributed by atoms with Crippen LogP contribution in [-0.2, 0) is 0 Å². The summed E-state index contributed by atoms with van der Waals surface area (Å²) in [5.41, 5.74) is 1.73. The van der Waals surface area contributed by atoms with Gasteiger partial charge in [0.2, 0.25) is 0 Å². The molecule has 0 spiro atoms. The summed E-state index contributed by atoms with van der Waals surface area (Å²) in [5, 5.41) is 0. The molecule has 3 heteroatoms. The van der Waals surface area contributed by atoms with Gasteiger partial charge in [-0.1, -0.05) is 24.3 Å². The van der Waals surface area contributed by atoms with Crippen molar-refractivity contribution in [3.05, 3.63) is 50.9 Å². The Hall–Kier alpha value is -0.840. The van der Waals surface area contributed by atoms with E-state index in [0.717, 1.165) is 15.6 Å². The molecule has 0 amide bonds. The van der Waals surface area contributed by atoms with Crippen LogP contribution in [0.15, 0.2) is 30.4 Å². The van der Waals surface area contributed by atoms with Crippen LogP contribution in [-0.4, -0.2) is 6.61 Å². The van der Waals surface area contributed by atoms with Gasteiger partial charge in [-0.2, -0.15) is 0 Å². The van der Waals surface area contributed by atoms with E-state index in [4.69, 9.17) is 4.74 Å². The molecule has 18 heavy (non-hydrogen) atoms. The number of rotatable bonds is 3. The van der Waals surface area contributed by atoms with Crippen LogP contribution in [0.5, 0.6) is 5.75 Å². The summed E-state index contributed by atoms with van der Waals surface area (Å²) < 4.78 is 20.6. The van der Waals surface area contributed by atoms with Gasteiger partial charge >= 0.3 is 0 Å². The Labute approximate surface area is 121 Å². The van der Waals surface area contributed by atoms with Crippen molar-refractivity contribution in [1.82, 2.24) is 0 Å². The third-order valence-corrected chi connectivity index (χ3v) is 4.75. The molecular formula is C15H16FIO. The van der Waals surface area contributed by atoms with Gasteiger partial charge < -0.3 is 4.74 Å². The lowest BCUT2D eigenvalue weighted by atomic mass is 10.0. The number of allylic oxidation sites excluding steroid dienone is 3. The van der Waals surface area contributed by atoms with Gasteiger partial charge in [0.1, 0.15) is 0 Å². The Morgan fingerprint density at radius 1 is 1.39 bits per heavy atom. The van der Waals surface area contributed by atoms with Gasteiger partial charge in [-0.15, -0.1) is 0 Å². The van der Waals surface area contributed by atoms with E-state index < -0.39 is 0 Å². The van der Waals surface area contributed by atoms with Gasteiger partial charge in [0.25, 0.3) is 0 Å². The largest absolute Gasteiger partial charge is 0.490 e. The van der Waals surface area contributed by atoms with E-state index in [2.05, 4.69) is 34.7 Å². The minimum atomic E-state index is -0.236. The third kappa shape index (κ3) is 2.94. The van der Waals surface area contributed by atoms with Gasteiger partial charge in [0, 0.05) is 15.1 Å². The normalized spacial score (nSPS) is 18.1. The Kier molecular flexibility index (Phi) is 4.43. The zero-order valence-corrected chi connectivity index (χ0v) is 12.7. The van der Waals surface area contributed by atoms with E-state index in [0.29, 0.717) is 23.8 Å². The first-order valence-electron chi connectivity index (χ1n) is 6.01. The minimum absolute atomic E-state index is 0.236.